The zero-order valence-electron chi connectivity index (χ0n) is 24.8. The van der Waals surface area contributed by atoms with E-state index in [1.54, 1.807) is 47.4 Å². The lowest BCUT2D eigenvalue weighted by Crippen LogP contribution is -2.57. The maximum atomic E-state index is 13.8. The Kier molecular flexibility index (Phi) is 9.99. The molecule has 222 valence electrons. The maximum absolute atomic E-state index is 13.8. The fourth-order valence-corrected chi connectivity index (χ4v) is 5.51. The van der Waals surface area contributed by atoms with Gasteiger partial charge in [0.05, 0.1) is 42.2 Å². The lowest BCUT2D eigenvalue weighted by atomic mass is 10.0. The Labute approximate surface area is 241 Å². The molecule has 2 aromatic rings. The number of amides is 1. The van der Waals surface area contributed by atoms with Gasteiger partial charge in [-0.25, -0.2) is 0 Å². The summed E-state index contributed by atoms with van der Waals surface area (Å²) >= 11 is 0. The zero-order valence-corrected chi connectivity index (χ0v) is 24.8. The zero-order chi connectivity index (χ0) is 29.5. The summed E-state index contributed by atoms with van der Waals surface area (Å²) in [4.78, 5) is 30.7. The first-order valence-electron chi connectivity index (χ1n) is 13.8. The van der Waals surface area contributed by atoms with Crippen LogP contribution in [-0.2, 0) is 27.3 Å². The van der Waals surface area contributed by atoms with Gasteiger partial charge in [0.15, 0.2) is 23.0 Å². The van der Waals surface area contributed by atoms with E-state index < -0.39 is 6.04 Å². The van der Waals surface area contributed by atoms with Gasteiger partial charge in [-0.05, 0) is 73.2 Å². The minimum Gasteiger partial charge on any atom is -0.493 e. The van der Waals surface area contributed by atoms with Crippen molar-refractivity contribution in [2.45, 2.75) is 38.8 Å². The molecule has 2 aromatic carbocycles. The molecule has 1 saturated heterocycles. The fraction of sp³-hybridized carbons (Fsp3) is 0.484. The van der Waals surface area contributed by atoms with Crippen LogP contribution in [0.3, 0.4) is 0 Å². The molecule has 0 radical (unpaired) electrons. The van der Waals surface area contributed by atoms with Gasteiger partial charge in [-0.3, -0.25) is 14.5 Å². The average molecular weight is 569 g/mol. The van der Waals surface area contributed by atoms with Crippen LogP contribution in [0.1, 0.15) is 36.5 Å². The standard InChI is InChI=1S/C31H40N2O8/c1-7-41-31(35)24-19-33(12-11-32(24)18-20-13-27(38-4)29(40-6)28(14-20)39-5)30(34)22-10-8-9-21-16-25(36-2)26(37-3)17-23(21)15-22/h13-17,24H,7-12,18-19H2,1-6H3. The van der Waals surface area contributed by atoms with Gasteiger partial charge in [-0.1, -0.05) is 0 Å². The van der Waals surface area contributed by atoms with Gasteiger partial charge >= 0.3 is 5.97 Å². The molecule has 1 atom stereocenters. The highest BCUT2D eigenvalue weighted by Crippen LogP contribution is 2.39. The summed E-state index contributed by atoms with van der Waals surface area (Å²) in [6.07, 6.45) is 4.27. The summed E-state index contributed by atoms with van der Waals surface area (Å²) in [6, 6.07) is 7.03. The van der Waals surface area contributed by atoms with Crippen molar-refractivity contribution in [1.82, 2.24) is 9.80 Å². The number of ether oxygens (including phenoxy) is 6. The number of hydrogen-bond acceptors (Lipinski definition) is 9. The number of benzene rings is 2. The third-order valence-electron chi connectivity index (χ3n) is 7.59. The van der Waals surface area contributed by atoms with Crippen LogP contribution in [0.2, 0.25) is 0 Å². The smallest absolute Gasteiger partial charge is 0.325 e. The number of hydrogen-bond donors (Lipinski definition) is 0. The molecular formula is C31H40N2O8. The minimum absolute atomic E-state index is 0.0608. The number of piperazine rings is 1. The second-order valence-electron chi connectivity index (χ2n) is 9.95. The van der Waals surface area contributed by atoms with E-state index in [1.165, 1.54) is 0 Å². The first-order chi connectivity index (χ1) is 19.9. The third kappa shape index (κ3) is 6.53. The predicted octanol–water partition coefficient (Wildman–Crippen LogP) is 3.73. The van der Waals surface area contributed by atoms with Crippen molar-refractivity contribution in [3.8, 4) is 28.7 Å². The highest BCUT2D eigenvalue weighted by atomic mass is 16.5. The Morgan fingerprint density at radius 1 is 0.829 bits per heavy atom. The molecule has 4 rings (SSSR count). The van der Waals surface area contributed by atoms with E-state index in [1.807, 2.05) is 35.2 Å². The van der Waals surface area contributed by atoms with Crippen molar-refractivity contribution in [2.24, 2.45) is 0 Å². The summed E-state index contributed by atoms with van der Waals surface area (Å²) in [5.74, 6) is 2.47. The fourth-order valence-electron chi connectivity index (χ4n) is 5.51. The number of rotatable bonds is 10. The Morgan fingerprint density at radius 3 is 2.10 bits per heavy atom. The topological polar surface area (TPSA) is 96.0 Å². The molecule has 0 saturated carbocycles. The highest BCUT2D eigenvalue weighted by Gasteiger charge is 2.36. The van der Waals surface area contributed by atoms with E-state index >= 15 is 0 Å². The predicted molar refractivity (Wildman–Crippen MR) is 154 cm³/mol. The number of aryl methyl sites for hydroxylation is 1. The summed E-state index contributed by atoms with van der Waals surface area (Å²) in [5.41, 5.74) is 3.68. The largest absolute Gasteiger partial charge is 0.493 e. The Bertz CT molecular complexity index is 1270. The quantitative estimate of drug-likeness (QED) is 0.397. The molecular weight excluding hydrogens is 528 g/mol. The lowest BCUT2D eigenvalue weighted by Gasteiger charge is -2.40. The molecule has 41 heavy (non-hydrogen) atoms. The molecule has 0 spiro atoms. The van der Waals surface area contributed by atoms with Crippen molar-refractivity contribution >= 4 is 18.0 Å². The van der Waals surface area contributed by atoms with Crippen LogP contribution in [0.4, 0.5) is 0 Å². The minimum atomic E-state index is -0.616. The number of nitrogens with zero attached hydrogens (tertiary/aromatic N) is 2. The van der Waals surface area contributed by atoms with Gasteiger partial charge < -0.3 is 33.3 Å². The summed E-state index contributed by atoms with van der Waals surface area (Å²) < 4.78 is 32.9. The number of fused-ring (bicyclic) bond motifs is 1. The molecule has 0 aromatic heterocycles. The van der Waals surface area contributed by atoms with Crippen molar-refractivity contribution < 1.29 is 38.0 Å². The highest BCUT2D eigenvalue weighted by molar-refractivity contribution is 5.98. The molecule has 0 N–H and O–H groups in total. The monoisotopic (exact) mass is 568 g/mol. The van der Waals surface area contributed by atoms with E-state index in [2.05, 4.69) is 0 Å². The molecule has 10 nitrogen and oxygen atoms in total. The average Bonchev–Trinajstić information content (AvgIpc) is 3.21. The molecule has 1 fully saturated rings. The van der Waals surface area contributed by atoms with Gasteiger partial charge in [0.25, 0.3) is 0 Å². The van der Waals surface area contributed by atoms with Crippen LogP contribution >= 0.6 is 0 Å². The van der Waals surface area contributed by atoms with Crippen LogP contribution in [0.25, 0.3) is 6.08 Å². The van der Waals surface area contributed by atoms with Gasteiger partial charge in [-0.2, -0.15) is 0 Å². The summed E-state index contributed by atoms with van der Waals surface area (Å²) in [6.45, 7) is 3.70. The van der Waals surface area contributed by atoms with Crippen LogP contribution in [0, 0.1) is 0 Å². The molecule has 2 aliphatic rings. The lowest BCUT2D eigenvalue weighted by molar-refractivity contribution is -0.153. The SMILES string of the molecule is CCOC(=O)C1CN(C(=O)C2=Cc3cc(OC)c(OC)cc3CCC2)CCN1Cc1cc(OC)c(OC)c(OC)c1. The van der Waals surface area contributed by atoms with Crippen molar-refractivity contribution in [1.29, 1.82) is 0 Å². The second-order valence-corrected chi connectivity index (χ2v) is 9.95. The second kappa shape index (κ2) is 13.6. The van der Waals surface area contributed by atoms with Crippen molar-refractivity contribution in [2.75, 3.05) is 61.8 Å². The molecule has 1 aliphatic carbocycles. The molecule has 1 aliphatic heterocycles. The van der Waals surface area contributed by atoms with E-state index in [0.717, 1.165) is 35.1 Å². The molecule has 1 amide bonds. The van der Waals surface area contributed by atoms with Crippen LogP contribution < -0.4 is 23.7 Å². The number of esters is 1. The van der Waals surface area contributed by atoms with Crippen LogP contribution in [0.15, 0.2) is 29.8 Å². The number of methoxy groups -OCH3 is 5. The van der Waals surface area contributed by atoms with Crippen molar-refractivity contribution in [3.05, 3.63) is 46.5 Å². The Hall–Kier alpha value is -3.92. The summed E-state index contributed by atoms with van der Waals surface area (Å²) in [7, 11) is 7.92. The molecule has 0 bridgehead atoms. The van der Waals surface area contributed by atoms with Crippen LogP contribution in [-0.4, -0.2) is 89.5 Å². The van der Waals surface area contributed by atoms with E-state index in [-0.39, 0.29) is 25.0 Å². The maximum Gasteiger partial charge on any atom is 0.325 e. The van der Waals surface area contributed by atoms with Gasteiger partial charge in [0.1, 0.15) is 6.04 Å². The molecule has 10 heteroatoms. The van der Waals surface area contributed by atoms with E-state index in [0.29, 0.717) is 54.8 Å². The van der Waals surface area contributed by atoms with Gasteiger partial charge in [0.2, 0.25) is 11.7 Å². The van der Waals surface area contributed by atoms with E-state index in [4.69, 9.17) is 28.4 Å². The molecule has 1 heterocycles. The number of carbonyl (C=O) groups excluding carboxylic acids is 2. The normalized spacial score (nSPS) is 17.1. The Morgan fingerprint density at radius 2 is 1.49 bits per heavy atom. The summed E-state index contributed by atoms with van der Waals surface area (Å²) in [5, 5.41) is 0. The first-order valence-corrected chi connectivity index (χ1v) is 13.8. The first kappa shape index (κ1) is 30.0. The van der Waals surface area contributed by atoms with E-state index in [9.17, 15) is 9.59 Å². The van der Waals surface area contributed by atoms with Gasteiger partial charge in [-0.15, -0.1) is 0 Å². The van der Waals surface area contributed by atoms with Crippen LogP contribution in [0.5, 0.6) is 28.7 Å². The number of carbonyl (C=O) groups is 2. The van der Waals surface area contributed by atoms with Crippen molar-refractivity contribution in [3.63, 3.8) is 0 Å². The third-order valence-corrected chi connectivity index (χ3v) is 7.59. The van der Waals surface area contributed by atoms with Gasteiger partial charge in [0, 0.05) is 31.8 Å². The Balaban J connectivity index is 1.57. The molecule has 1 unspecified atom stereocenters.